The number of halogens is 1. The maximum Gasteiger partial charge on any atom is 0.237 e. The number of benzene rings is 1. The van der Waals surface area contributed by atoms with Crippen LogP contribution in [0.1, 0.15) is 50.4 Å². The molecule has 148 valence electrons. The molecular formula is C20H24FN5OS. The molecule has 28 heavy (non-hydrogen) atoms. The van der Waals surface area contributed by atoms with Gasteiger partial charge < -0.3 is 9.47 Å². The average Bonchev–Trinajstić information content (AvgIpc) is 3.09. The van der Waals surface area contributed by atoms with Crippen molar-refractivity contribution in [2.75, 3.05) is 17.2 Å². The Morgan fingerprint density at radius 1 is 1.29 bits per heavy atom. The van der Waals surface area contributed by atoms with E-state index in [9.17, 15) is 9.18 Å². The van der Waals surface area contributed by atoms with Gasteiger partial charge in [-0.15, -0.1) is 10.2 Å². The number of hydrogen-bond acceptors (Lipinski definition) is 5. The number of carbonyl (C=O) groups excluding carboxylic acids is 1. The van der Waals surface area contributed by atoms with Crippen LogP contribution in [0.5, 0.6) is 0 Å². The molecule has 0 atom stereocenters. The highest BCUT2D eigenvalue weighted by molar-refractivity contribution is 7.99. The molecule has 2 aromatic rings. The Morgan fingerprint density at radius 2 is 2.00 bits per heavy atom. The van der Waals surface area contributed by atoms with E-state index >= 15 is 0 Å². The lowest BCUT2D eigenvalue weighted by Gasteiger charge is -2.25. The molecule has 0 radical (unpaired) electrons. The highest BCUT2D eigenvalue weighted by Gasteiger charge is 2.23. The van der Waals surface area contributed by atoms with Gasteiger partial charge in [-0.2, -0.15) is 5.26 Å². The SMILES string of the molecule is Cc1nnc(SCC(=O)N(CCC#N)c2ccc(F)cc2)n1C1CCCCC1. The van der Waals surface area contributed by atoms with Crippen LogP contribution in [0, 0.1) is 24.1 Å². The van der Waals surface area contributed by atoms with E-state index in [0.717, 1.165) is 23.8 Å². The highest BCUT2D eigenvalue weighted by atomic mass is 32.2. The van der Waals surface area contributed by atoms with Crippen molar-refractivity contribution in [3.05, 3.63) is 35.9 Å². The Hall–Kier alpha value is -2.40. The van der Waals surface area contributed by atoms with Crippen LogP contribution >= 0.6 is 11.8 Å². The third kappa shape index (κ3) is 4.90. The van der Waals surface area contributed by atoms with Gasteiger partial charge in [0.1, 0.15) is 11.6 Å². The normalized spacial score (nSPS) is 14.6. The van der Waals surface area contributed by atoms with Crippen molar-refractivity contribution in [1.29, 1.82) is 5.26 Å². The Morgan fingerprint density at radius 3 is 2.68 bits per heavy atom. The first-order valence-electron chi connectivity index (χ1n) is 9.57. The fraction of sp³-hybridized carbons (Fsp3) is 0.500. The molecule has 1 aliphatic carbocycles. The van der Waals surface area contributed by atoms with Crippen molar-refractivity contribution in [1.82, 2.24) is 14.8 Å². The lowest BCUT2D eigenvalue weighted by atomic mass is 9.95. The summed E-state index contributed by atoms with van der Waals surface area (Å²) in [6.45, 7) is 2.22. The Kier molecular flexibility index (Phi) is 7.04. The Bertz CT molecular complexity index is 839. The number of thioether (sulfide) groups is 1. The van der Waals surface area contributed by atoms with Crippen molar-refractivity contribution < 1.29 is 9.18 Å². The lowest BCUT2D eigenvalue weighted by Crippen LogP contribution is -2.33. The number of hydrogen-bond donors (Lipinski definition) is 0. The summed E-state index contributed by atoms with van der Waals surface area (Å²) < 4.78 is 15.4. The number of anilines is 1. The lowest BCUT2D eigenvalue weighted by molar-refractivity contribution is -0.116. The van der Waals surface area contributed by atoms with Crippen molar-refractivity contribution in [3.8, 4) is 6.07 Å². The summed E-state index contributed by atoms with van der Waals surface area (Å²) in [6.07, 6.45) is 6.12. The predicted molar refractivity (Wildman–Crippen MR) is 107 cm³/mol. The highest BCUT2D eigenvalue weighted by Crippen LogP contribution is 2.32. The van der Waals surface area contributed by atoms with Crippen molar-refractivity contribution >= 4 is 23.4 Å². The molecule has 1 aliphatic rings. The van der Waals surface area contributed by atoms with E-state index in [4.69, 9.17) is 5.26 Å². The summed E-state index contributed by atoms with van der Waals surface area (Å²) in [4.78, 5) is 14.4. The Balaban J connectivity index is 1.71. The van der Waals surface area contributed by atoms with Crippen LogP contribution in [0.4, 0.5) is 10.1 Å². The van der Waals surface area contributed by atoms with Gasteiger partial charge in [0.25, 0.3) is 0 Å². The monoisotopic (exact) mass is 401 g/mol. The fourth-order valence-electron chi connectivity index (χ4n) is 3.59. The van der Waals surface area contributed by atoms with E-state index in [1.54, 1.807) is 12.1 Å². The molecule has 8 heteroatoms. The molecule has 0 aliphatic heterocycles. The van der Waals surface area contributed by atoms with Gasteiger partial charge in [0, 0.05) is 18.3 Å². The topological polar surface area (TPSA) is 74.8 Å². The van der Waals surface area contributed by atoms with Crippen LogP contribution in [-0.2, 0) is 4.79 Å². The second-order valence-corrected chi connectivity index (χ2v) is 7.85. The van der Waals surface area contributed by atoms with Crippen LogP contribution in [0.3, 0.4) is 0 Å². The zero-order valence-electron chi connectivity index (χ0n) is 16.0. The molecule has 0 unspecified atom stereocenters. The van der Waals surface area contributed by atoms with Crippen molar-refractivity contribution in [2.45, 2.75) is 56.6 Å². The summed E-state index contributed by atoms with van der Waals surface area (Å²) in [7, 11) is 0. The molecule has 1 aromatic carbocycles. The molecule has 1 amide bonds. The number of aryl methyl sites for hydroxylation is 1. The van der Waals surface area contributed by atoms with Gasteiger partial charge in [0.05, 0.1) is 18.2 Å². The molecule has 6 nitrogen and oxygen atoms in total. The number of nitriles is 1. The van der Waals surface area contributed by atoms with E-state index in [0.29, 0.717) is 11.7 Å². The summed E-state index contributed by atoms with van der Waals surface area (Å²) >= 11 is 1.37. The zero-order valence-corrected chi connectivity index (χ0v) is 16.8. The van der Waals surface area contributed by atoms with Crippen LogP contribution < -0.4 is 4.90 Å². The maximum atomic E-state index is 13.2. The second kappa shape index (κ2) is 9.69. The average molecular weight is 402 g/mol. The van der Waals surface area contributed by atoms with Crippen LogP contribution in [-0.4, -0.2) is 33.0 Å². The van der Waals surface area contributed by atoms with Gasteiger partial charge in [0.15, 0.2) is 5.16 Å². The fourth-order valence-corrected chi connectivity index (χ4v) is 4.52. The molecule has 1 fully saturated rings. The zero-order chi connectivity index (χ0) is 19.9. The summed E-state index contributed by atoms with van der Waals surface area (Å²) in [6, 6.07) is 8.21. The van der Waals surface area contributed by atoms with E-state index in [1.807, 2.05) is 6.92 Å². The van der Waals surface area contributed by atoms with Gasteiger partial charge >= 0.3 is 0 Å². The molecule has 0 spiro atoms. The molecular weight excluding hydrogens is 377 g/mol. The van der Waals surface area contributed by atoms with E-state index in [-0.39, 0.29) is 30.4 Å². The van der Waals surface area contributed by atoms with Crippen LogP contribution in [0.25, 0.3) is 0 Å². The summed E-state index contributed by atoms with van der Waals surface area (Å²) in [5.74, 6) is 0.569. The number of nitrogens with zero attached hydrogens (tertiary/aromatic N) is 5. The number of rotatable bonds is 7. The first kappa shape index (κ1) is 20.3. The first-order valence-corrected chi connectivity index (χ1v) is 10.6. The quantitative estimate of drug-likeness (QED) is 0.648. The third-order valence-electron chi connectivity index (χ3n) is 4.99. The first-order chi connectivity index (χ1) is 13.6. The smallest absolute Gasteiger partial charge is 0.237 e. The maximum absolute atomic E-state index is 13.2. The van der Waals surface area contributed by atoms with E-state index in [2.05, 4.69) is 20.8 Å². The molecule has 1 heterocycles. The number of aromatic nitrogens is 3. The third-order valence-corrected chi connectivity index (χ3v) is 5.91. The molecule has 0 bridgehead atoms. The van der Waals surface area contributed by atoms with Crippen LogP contribution in [0.2, 0.25) is 0 Å². The summed E-state index contributed by atoms with van der Waals surface area (Å²) in [5.41, 5.74) is 0.590. The minimum absolute atomic E-state index is 0.136. The molecule has 1 saturated carbocycles. The molecule has 3 rings (SSSR count). The minimum Gasteiger partial charge on any atom is -0.311 e. The van der Waals surface area contributed by atoms with Crippen molar-refractivity contribution in [2.24, 2.45) is 0 Å². The molecule has 0 N–H and O–H groups in total. The van der Waals surface area contributed by atoms with Gasteiger partial charge in [0.2, 0.25) is 5.91 Å². The Labute approximate surface area is 168 Å². The van der Waals surface area contributed by atoms with Gasteiger partial charge in [-0.1, -0.05) is 31.0 Å². The van der Waals surface area contributed by atoms with E-state index in [1.165, 1.54) is 48.1 Å². The second-order valence-electron chi connectivity index (χ2n) is 6.91. The minimum atomic E-state index is -0.359. The van der Waals surface area contributed by atoms with Crippen LogP contribution in [0.15, 0.2) is 29.4 Å². The van der Waals surface area contributed by atoms with E-state index < -0.39 is 0 Å². The van der Waals surface area contributed by atoms with Crippen molar-refractivity contribution in [3.63, 3.8) is 0 Å². The number of amides is 1. The molecule has 1 aromatic heterocycles. The summed E-state index contributed by atoms with van der Waals surface area (Å²) in [5, 5.41) is 18.2. The standard InChI is InChI=1S/C20H24FN5OS/c1-15-23-24-20(26(15)18-6-3-2-4-7-18)28-14-19(27)25(13-5-12-22)17-10-8-16(21)9-11-17/h8-11,18H,2-7,13-14H2,1H3. The largest absolute Gasteiger partial charge is 0.311 e. The van der Waals surface area contributed by atoms with Gasteiger partial charge in [-0.25, -0.2) is 4.39 Å². The predicted octanol–water partition coefficient (Wildman–Crippen LogP) is 4.27. The van der Waals surface area contributed by atoms with Gasteiger partial charge in [-0.05, 0) is 44.0 Å². The number of carbonyl (C=O) groups is 1. The molecule has 0 saturated heterocycles. The van der Waals surface area contributed by atoms with Gasteiger partial charge in [-0.3, -0.25) is 4.79 Å².